The minimum absolute atomic E-state index is 0.0382. The molecule has 3 fully saturated rings. The first-order valence-electron chi connectivity index (χ1n) is 9.45. The van der Waals surface area contributed by atoms with Gasteiger partial charge in [-0.25, -0.2) is 0 Å². The van der Waals surface area contributed by atoms with Crippen molar-refractivity contribution in [3.63, 3.8) is 0 Å². The average molecular weight is 301 g/mol. The van der Waals surface area contributed by atoms with E-state index in [0.29, 0.717) is 5.41 Å². The van der Waals surface area contributed by atoms with Gasteiger partial charge < -0.3 is 5.73 Å². The monoisotopic (exact) mass is 301 g/mol. The molecule has 2 nitrogen and oxygen atoms in total. The lowest BCUT2D eigenvalue weighted by atomic mass is 9.47. The lowest BCUT2D eigenvalue weighted by Crippen LogP contribution is -2.51. The first kappa shape index (κ1) is 14.8. The fourth-order valence-corrected chi connectivity index (χ4v) is 7.22. The van der Waals surface area contributed by atoms with Gasteiger partial charge in [-0.15, -0.1) is 0 Å². The maximum Gasteiger partial charge on any atom is 0.221 e. The quantitative estimate of drug-likeness (QED) is 0.715. The number of carbonyl (C=O) groups excluding carboxylic acids is 1. The number of nitrogens with two attached hydrogens (primary N) is 1. The van der Waals surface area contributed by atoms with Crippen molar-refractivity contribution >= 4 is 5.91 Å². The number of primary amides is 1. The van der Waals surface area contributed by atoms with E-state index in [1.165, 1.54) is 51.4 Å². The van der Waals surface area contributed by atoms with Crippen LogP contribution in [0.4, 0.5) is 0 Å². The van der Waals surface area contributed by atoms with Crippen LogP contribution in [0.2, 0.25) is 0 Å². The summed E-state index contributed by atoms with van der Waals surface area (Å²) in [6.45, 7) is 4.93. The van der Waals surface area contributed by atoms with Gasteiger partial charge in [-0.2, -0.15) is 0 Å². The molecule has 0 unspecified atom stereocenters. The molecule has 3 saturated carbocycles. The molecule has 2 N–H and O–H groups in total. The summed E-state index contributed by atoms with van der Waals surface area (Å²) in [5.74, 6) is 2.53. The van der Waals surface area contributed by atoms with Gasteiger partial charge in [0.1, 0.15) is 0 Å². The molecule has 0 saturated heterocycles. The Morgan fingerprint density at radius 1 is 1.14 bits per heavy atom. The Morgan fingerprint density at radius 2 is 1.95 bits per heavy atom. The largest absolute Gasteiger partial charge is 0.369 e. The van der Waals surface area contributed by atoms with Crippen molar-refractivity contribution in [3.05, 3.63) is 11.6 Å². The third kappa shape index (κ3) is 1.82. The van der Waals surface area contributed by atoms with Gasteiger partial charge in [-0.05, 0) is 86.4 Å². The van der Waals surface area contributed by atoms with Gasteiger partial charge in [0.25, 0.3) is 0 Å². The van der Waals surface area contributed by atoms with Crippen molar-refractivity contribution in [2.24, 2.45) is 40.2 Å². The van der Waals surface area contributed by atoms with E-state index in [9.17, 15) is 4.79 Å². The second-order valence-corrected chi connectivity index (χ2v) is 9.03. The number of fused-ring (bicyclic) bond motifs is 5. The summed E-state index contributed by atoms with van der Waals surface area (Å²) >= 11 is 0. The van der Waals surface area contributed by atoms with Crippen LogP contribution in [-0.2, 0) is 4.79 Å². The van der Waals surface area contributed by atoms with E-state index < -0.39 is 0 Å². The minimum Gasteiger partial charge on any atom is -0.369 e. The highest BCUT2D eigenvalue weighted by atomic mass is 16.1. The van der Waals surface area contributed by atoms with E-state index in [1.54, 1.807) is 5.57 Å². The van der Waals surface area contributed by atoms with Crippen LogP contribution in [0.25, 0.3) is 0 Å². The van der Waals surface area contributed by atoms with Gasteiger partial charge in [0, 0.05) is 5.92 Å². The number of amides is 1. The fourth-order valence-electron chi connectivity index (χ4n) is 7.22. The Balaban J connectivity index is 1.67. The zero-order chi connectivity index (χ0) is 15.5. The van der Waals surface area contributed by atoms with Crippen LogP contribution in [-0.4, -0.2) is 5.91 Å². The van der Waals surface area contributed by atoms with Crippen molar-refractivity contribution in [1.82, 2.24) is 0 Å². The van der Waals surface area contributed by atoms with Crippen molar-refractivity contribution in [2.45, 2.75) is 71.6 Å². The molecule has 0 aromatic rings. The van der Waals surface area contributed by atoms with Crippen molar-refractivity contribution < 1.29 is 4.79 Å². The van der Waals surface area contributed by atoms with E-state index >= 15 is 0 Å². The summed E-state index contributed by atoms with van der Waals surface area (Å²) in [7, 11) is 0. The van der Waals surface area contributed by atoms with Crippen LogP contribution in [0.1, 0.15) is 71.6 Å². The molecule has 1 amide bonds. The Labute approximate surface area is 134 Å². The Bertz CT molecular complexity index is 524. The van der Waals surface area contributed by atoms with Crippen molar-refractivity contribution in [3.8, 4) is 0 Å². The fraction of sp³-hybridized carbons (Fsp3) is 0.850. The molecule has 0 spiro atoms. The van der Waals surface area contributed by atoms with E-state index in [4.69, 9.17) is 5.73 Å². The van der Waals surface area contributed by atoms with Gasteiger partial charge in [0.2, 0.25) is 5.91 Å². The summed E-state index contributed by atoms with van der Waals surface area (Å²) in [6, 6.07) is 0. The van der Waals surface area contributed by atoms with Crippen molar-refractivity contribution in [2.75, 3.05) is 0 Å². The first-order valence-corrected chi connectivity index (χ1v) is 9.45. The zero-order valence-corrected chi connectivity index (χ0v) is 14.2. The Kier molecular flexibility index (Phi) is 3.26. The van der Waals surface area contributed by atoms with Crippen LogP contribution < -0.4 is 5.73 Å². The molecule has 0 aliphatic heterocycles. The zero-order valence-electron chi connectivity index (χ0n) is 14.2. The average Bonchev–Trinajstić information content (AvgIpc) is 2.84. The molecule has 0 heterocycles. The van der Waals surface area contributed by atoms with Gasteiger partial charge >= 0.3 is 0 Å². The summed E-state index contributed by atoms with van der Waals surface area (Å²) < 4.78 is 0. The van der Waals surface area contributed by atoms with E-state index in [1.807, 2.05) is 0 Å². The molecule has 4 aliphatic carbocycles. The summed E-state index contributed by atoms with van der Waals surface area (Å²) in [5, 5.41) is 0. The number of carbonyl (C=O) groups is 1. The van der Waals surface area contributed by atoms with Gasteiger partial charge in [-0.3, -0.25) is 4.79 Å². The molecule has 4 aliphatic rings. The maximum atomic E-state index is 11.9. The molecule has 0 bridgehead atoms. The lowest BCUT2D eigenvalue weighted by Gasteiger charge is -2.58. The second kappa shape index (κ2) is 4.85. The molecule has 122 valence electrons. The molecular weight excluding hydrogens is 270 g/mol. The Morgan fingerprint density at radius 3 is 2.73 bits per heavy atom. The minimum atomic E-state index is -0.0382. The van der Waals surface area contributed by atoms with Gasteiger partial charge in [-0.1, -0.05) is 25.5 Å². The maximum absolute atomic E-state index is 11.9. The van der Waals surface area contributed by atoms with Crippen LogP contribution in [0, 0.1) is 34.5 Å². The van der Waals surface area contributed by atoms with E-state index in [0.717, 1.165) is 24.2 Å². The number of allylic oxidation sites excluding steroid dienone is 2. The third-order valence-electron chi connectivity index (χ3n) is 8.37. The smallest absolute Gasteiger partial charge is 0.221 e. The normalized spacial score (nSPS) is 50.5. The van der Waals surface area contributed by atoms with Crippen molar-refractivity contribution in [1.29, 1.82) is 0 Å². The van der Waals surface area contributed by atoms with Gasteiger partial charge in [0.15, 0.2) is 0 Å². The molecule has 6 atom stereocenters. The SMILES string of the molecule is C[C@]12CC[C@H]3[C@@H](CCC4=CCCC[C@@]43C)[C@@H]1CC[C@@H]2C(N)=O. The first-order chi connectivity index (χ1) is 10.5. The third-order valence-corrected chi connectivity index (χ3v) is 8.37. The summed E-state index contributed by atoms with van der Waals surface area (Å²) in [4.78, 5) is 11.9. The molecule has 4 rings (SSSR count). The highest BCUT2D eigenvalue weighted by Gasteiger charge is 2.59. The highest BCUT2D eigenvalue weighted by molar-refractivity contribution is 5.78. The molecule has 2 heteroatoms. The standard InChI is InChI=1S/C20H31NO/c1-19-11-4-3-5-13(19)6-7-14-15-8-9-17(18(21)22)20(15,2)12-10-16(14)19/h5,14-17H,3-4,6-12H2,1-2H3,(H2,21,22)/t14-,15-,16-,17+,19-,20-/m0/s1. The van der Waals surface area contributed by atoms with Gasteiger partial charge in [0.05, 0.1) is 0 Å². The van der Waals surface area contributed by atoms with Crippen LogP contribution in [0.15, 0.2) is 11.6 Å². The molecule has 0 aromatic heterocycles. The summed E-state index contributed by atoms with van der Waals surface area (Å²) in [6.07, 6.45) is 14.1. The molecule has 22 heavy (non-hydrogen) atoms. The van der Waals surface area contributed by atoms with Crippen LogP contribution >= 0.6 is 0 Å². The van der Waals surface area contributed by atoms with E-state index in [2.05, 4.69) is 19.9 Å². The summed E-state index contributed by atoms with van der Waals surface area (Å²) in [5.41, 5.74) is 8.17. The second-order valence-electron chi connectivity index (χ2n) is 9.03. The molecule has 0 radical (unpaired) electrons. The lowest BCUT2D eigenvalue weighted by molar-refractivity contribution is -0.128. The predicted octanol–water partition coefficient (Wildman–Crippen LogP) is 4.44. The van der Waals surface area contributed by atoms with Crippen LogP contribution in [0.3, 0.4) is 0 Å². The topological polar surface area (TPSA) is 43.1 Å². The molecular formula is C20H31NO. The number of hydrogen-bond donors (Lipinski definition) is 1. The Hall–Kier alpha value is -0.790. The molecule has 0 aromatic carbocycles. The number of rotatable bonds is 1. The van der Waals surface area contributed by atoms with Crippen LogP contribution in [0.5, 0.6) is 0 Å². The highest BCUT2D eigenvalue weighted by Crippen LogP contribution is 2.66. The number of hydrogen-bond acceptors (Lipinski definition) is 1. The van der Waals surface area contributed by atoms with E-state index in [-0.39, 0.29) is 17.2 Å². The predicted molar refractivity (Wildman–Crippen MR) is 89.0 cm³/mol.